The molecule has 3 aromatic rings. The van der Waals surface area contributed by atoms with Crippen LogP contribution in [0.1, 0.15) is 67.7 Å². The number of ether oxygens (including phenoxy) is 2. The fourth-order valence-electron chi connectivity index (χ4n) is 5.71. The molecule has 1 N–H and O–H groups in total. The summed E-state index contributed by atoms with van der Waals surface area (Å²) in [6, 6.07) is 15.7. The molecule has 7 heteroatoms. The molecule has 39 heavy (non-hydrogen) atoms. The molecule has 1 saturated heterocycles. The molecule has 0 spiro atoms. The first-order valence-electron chi connectivity index (χ1n) is 13.9. The first kappa shape index (κ1) is 27.2. The number of para-hydroxylation sites is 1. The van der Waals surface area contributed by atoms with Gasteiger partial charge in [-0.25, -0.2) is 4.79 Å². The summed E-state index contributed by atoms with van der Waals surface area (Å²) < 4.78 is 11.8. The zero-order chi connectivity index (χ0) is 27.7. The van der Waals surface area contributed by atoms with E-state index in [1.54, 1.807) is 11.1 Å². The van der Waals surface area contributed by atoms with Gasteiger partial charge in [-0.05, 0) is 63.1 Å². The first-order chi connectivity index (χ1) is 18.6. The molecular formula is C32H39N3O4. The summed E-state index contributed by atoms with van der Waals surface area (Å²) in [6.07, 6.45) is 3.67. The van der Waals surface area contributed by atoms with Crippen molar-refractivity contribution in [2.75, 3.05) is 26.7 Å². The fraction of sp³-hybridized carbons (Fsp3) is 0.438. The second kappa shape index (κ2) is 11.0. The molecule has 3 heterocycles. The first-order valence-corrected chi connectivity index (χ1v) is 13.9. The highest BCUT2D eigenvalue weighted by atomic mass is 16.5. The summed E-state index contributed by atoms with van der Waals surface area (Å²) in [6.45, 7) is 10.8. The Balaban J connectivity index is 1.46. The number of carbonyl (C=O) groups is 2. The van der Waals surface area contributed by atoms with E-state index in [4.69, 9.17) is 9.47 Å². The lowest BCUT2D eigenvalue weighted by Gasteiger charge is -2.30. The number of nitrogens with zero attached hydrogens (tertiary/aromatic N) is 2. The van der Waals surface area contributed by atoms with Crippen LogP contribution in [0.4, 0.5) is 0 Å². The average molecular weight is 530 g/mol. The molecular weight excluding hydrogens is 490 g/mol. The third kappa shape index (κ3) is 5.80. The summed E-state index contributed by atoms with van der Waals surface area (Å²) in [5.41, 5.74) is 4.14. The maximum absolute atomic E-state index is 13.9. The average Bonchev–Trinajstić information content (AvgIpc) is 3.25. The van der Waals surface area contributed by atoms with Gasteiger partial charge in [-0.3, -0.25) is 4.79 Å². The van der Waals surface area contributed by atoms with Crippen molar-refractivity contribution in [3.05, 3.63) is 77.1 Å². The lowest BCUT2D eigenvalue weighted by atomic mass is 9.81. The third-order valence-corrected chi connectivity index (χ3v) is 7.65. The molecule has 2 aliphatic heterocycles. The zero-order valence-corrected chi connectivity index (χ0v) is 23.6. The number of hydrogen-bond acceptors (Lipinski definition) is 5. The van der Waals surface area contributed by atoms with Crippen molar-refractivity contribution < 1.29 is 19.1 Å². The Morgan fingerprint density at radius 2 is 1.82 bits per heavy atom. The van der Waals surface area contributed by atoms with Crippen LogP contribution >= 0.6 is 0 Å². The Hall–Kier alpha value is -3.42. The summed E-state index contributed by atoms with van der Waals surface area (Å²) >= 11 is 0. The number of hydrogen-bond donors (Lipinski definition) is 1. The topological polar surface area (TPSA) is 74.9 Å². The van der Waals surface area contributed by atoms with Crippen LogP contribution in [0.5, 0.6) is 0 Å². The van der Waals surface area contributed by atoms with E-state index in [9.17, 15) is 9.59 Å². The van der Waals surface area contributed by atoms with Crippen molar-refractivity contribution in [1.29, 1.82) is 0 Å². The predicted octanol–water partition coefficient (Wildman–Crippen LogP) is 5.50. The van der Waals surface area contributed by atoms with Gasteiger partial charge in [0, 0.05) is 47.7 Å². The summed E-state index contributed by atoms with van der Waals surface area (Å²) in [5, 5.41) is 1.04. The number of aromatic nitrogens is 1. The Morgan fingerprint density at radius 1 is 1.08 bits per heavy atom. The minimum atomic E-state index is -0.450. The Bertz CT molecular complexity index is 1400. The van der Waals surface area contributed by atoms with Gasteiger partial charge in [-0.2, -0.15) is 0 Å². The molecule has 7 nitrogen and oxygen atoms in total. The minimum Gasteiger partial charge on any atom is -0.459 e. The maximum Gasteiger partial charge on any atom is 0.342 e. The molecule has 2 aromatic carbocycles. The van der Waals surface area contributed by atoms with Gasteiger partial charge in [-0.1, -0.05) is 44.2 Å². The third-order valence-electron chi connectivity index (χ3n) is 7.65. The van der Waals surface area contributed by atoms with E-state index >= 15 is 0 Å². The molecule has 1 fully saturated rings. The van der Waals surface area contributed by atoms with Crippen molar-refractivity contribution in [2.24, 2.45) is 0 Å². The van der Waals surface area contributed by atoms with Crippen molar-refractivity contribution in [1.82, 2.24) is 14.8 Å². The Morgan fingerprint density at radius 3 is 2.56 bits per heavy atom. The number of nitrogens with one attached hydrogen (secondary N) is 1. The van der Waals surface area contributed by atoms with Crippen LogP contribution < -0.4 is 0 Å². The van der Waals surface area contributed by atoms with E-state index in [1.807, 2.05) is 56.3 Å². The van der Waals surface area contributed by atoms with Crippen LogP contribution in [-0.4, -0.2) is 65.6 Å². The van der Waals surface area contributed by atoms with Gasteiger partial charge >= 0.3 is 5.97 Å². The molecule has 0 radical (unpaired) electrons. The number of piperidine rings is 1. The van der Waals surface area contributed by atoms with Crippen LogP contribution in [0.2, 0.25) is 0 Å². The second-order valence-electron chi connectivity index (χ2n) is 11.7. The predicted molar refractivity (Wildman–Crippen MR) is 153 cm³/mol. The standard InChI is InChI=1S/C32H39N3O4/c1-21(2)39-31(37)26-18-35(20-32(3,4)28-25-11-6-7-12-27(25)33-29(26)28)30(36)23-10-8-9-22(17-23)19-38-24-13-15-34(5)16-14-24/h6-12,17-18,21,24,33H,13-16,19-20H2,1-5H3. The highest BCUT2D eigenvalue weighted by Gasteiger charge is 2.37. The van der Waals surface area contributed by atoms with Crippen LogP contribution in [-0.2, 0) is 26.3 Å². The molecule has 5 rings (SSSR count). The van der Waals surface area contributed by atoms with E-state index in [0.717, 1.165) is 48.0 Å². The monoisotopic (exact) mass is 529 g/mol. The quantitative estimate of drug-likeness (QED) is 0.427. The van der Waals surface area contributed by atoms with Crippen LogP contribution in [0.15, 0.2) is 54.7 Å². The molecule has 206 valence electrons. The van der Waals surface area contributed by atoms with Crippen molar-refractivity contribution in [3.63, 3.8) is 0 Å². The highest BCUT2D eigenvalue weighted by molar-refractivity contribution is 6.18. The number of fused-ring (bicyclic) bond motifs is 3. The van der Waals surface area contributed by atoms with Gasteiger partial charge in [-0.15, -0.1) is 0 Å². The van der Waals surface area contributed by atoms with Gasteiger partial charge in [0.1, 0.15) is 0 Å². The number of likely N-dealkylation sites (tertiary alicyclic amines) is 1. The van der Waals surface area contributed by atoms with E-state index in [0.29, 0.717) is 30.0 Å². The molecule has 1 aromatic heterocycles. The minimum absolute atomic E-state index is 0.159. The maximum atomic E-state index is 13.9. The number of amides is 1. The van der Waals surface area contributed by atoms with E-state index in [1.165, 1.54) is 0 Å². The normalized spacial score (nSPS) is 18.1. The van der Waals surface area contributed by atoms with Gasteiger partial charge in [0.25, 0.3) is 5.91 Å². The molecule has 0 saturated carbocycles. The fourth-order valence-corrected chi connectivity index (χ4v) is 5.71. The summed E-state index contributed by atoms with van der Waals surface area (Å²) in [7, 11) is 2.14. The van der Waals surface area contributed by atoms with Crippen LogP contribution in [0.3, 0.4) is 0 Å². The van der Waals surface area contributed by atoms with E-state index < -0.39 is 11.4 Å². The number of esters is 1. The van der Waals surface area contributed by atoms with Crippen LogP contribution in [0.25, 0.3) is 16.5 Å². The SMILES string of the molecule is CC(C)OC(=O)C1=CN(C(=O)c2cccc(COC3CCN(C)CC3)c2)CC(C)(C)c2c1[nH]c1ccccc21. The molecule has 0 atom stereocenters. The molecule has 0 bridgehead atoms. The van der Waals surface area contributed by atoms with E-state index in [-0.39, 0.29) is 18.1 Å². The smallest absolute Gasteiger partial charge is 0.342 e. The Kier molecular flexibility index (Phi) is 7.65. The summed E-state index contributed by atoms with van der Waals surface area (Å²) in [4.78, 5) is 34.7. The van der Waals surface area contributed by atoms with E-state index in [2.05, 4.69) is 36.8 Å². The lowest BCUT2D eigenvalue weighted by Crippen LogP contribution is -2.37. The zero-order valence-electron chi connectivity index (χ0n) is 23.6. The number of aromatic amines is 1. The van der Waals surface area contributed by atoms with Gasteiger partial charge in [0.05, 0.1) is 30.1 Å². The lowest BCUT2D eigenvalue weighted by molar-refractivity contribution is -0.140. The van der Waals surface area contributed by atoms with Crippen LogP contribution in [0, 0.1) is 0 Å². The Labute approximate surface area is 230 Å². The van der Waals surface area contributed by atoms with Gasteiger partial charge < -0.3 is 24.3 Å². The molecule has 0 unspecified atom stereocenters. The number of H-pyrrole nitrogens is 1. The number of benzene rings is 2. The van der Waals surface area contributed by atoms with Crippen molar-refractivity contribution >= 4 is 28.4 Å². The van der Waals surface area contributed by atoms with Crippen molar-refractivity contribution in [2.45, 2.75) is 64.8 Å². The molecule has 1 amide bonds. The number of carbonyl (C=O) groups excluding carboxylic acids is 2. The largest absolute Gasteiger partial charge is 0.459 e. The van der Waals surface area contributed by atoms with Gasteiger partial charge in [0.15, 0.2) is 0 Å². The second-order valence-corrected chi connectivity index (χ2v) is 11.7. The number of rotatable bonds is 6. The molecule has 2 aliphatic rings. The van der Waals surface area contributed by atoms with Gasteiger partial charge in [0.2, 0.25) is 0 Å². The molecule has 0 aliphatic carbocycles. The van der Waals surface area contributed by atoms with Crippen molar-refractivity contribution in [3.8, 4) is 0 Å². The highest BCUT2D eigenvalue weighted by Crippen LogP contribution is 2.40. The summed E-state index contributed by atoms with van der Waals surface area (Å²) in [5.74, 6) is -0.609.